The Morgan fingerprint density at radius 1 is 1.10 bits per heavy atom. The number of hydrogen-bond donors (Lipinski definition) is 1. The molecular weight excluding hydrogens is 260 g/mol. The van der Waals surface area contributed by atoms with Gasteiger partial charge in [0.05, 0.1) is 17.1 Å². The third kappa shape index (κ3) is 2.32. The first-order valence-corrected chi connectivity index (χ1v) is 8.90. The average Bonchev–Trinajstić information content (AvgIpc) is 2.87. The minimum Gasteiger partial charge on any atom is -0.387 e. The maximum absolute atomic E-state index is 11.5. The number of fused-ring (bicyclic) bond motifs is 1. The standard InChI is InChI=1S/C18H30N2O/c1-14(2)15-6-8-17(13-19,9-7-15)18(21)10-12-20-11-4-3-5-16(18)20/h14-16,21H,3-12H2,1-2H3. The highest BCUT2D eigenvalue weighted by Crippen LogP contribution is 2.54. The van der Waals surface area contributed by atoms with Crippen molar-refractivity contribution >= 4 is 0 Å². The Morgan fingerprint density at radius 2 is 1.81 bits per heavy atom. The molecule has 0 aromatic heterocycles. The Bertz CT molecular complexity index is 419. The summed E-state index contributed by atoms with van der Waals surface area (Å²) in [7, 11) is 0. The third-order valence-electron chi connectivity index (χ3n) is 6.81. The summed E-state index contributed by atoms with van der Waals surface area (Å²) in [4.78, 5) is 2.46. The van der Waals surface area contributed by atoms with Crippen LogP contribution in [0.3, 0.4) is 0 Å². The smallest absolute Gasteiger partial charge is 0.0999 e. The molecule has 2 unspecified atom stereocenters. The Balaban J connectivity index is 1.81. The van der Waals surface area contributed by atoms with Gasteiger partial charge in [0.15, 0.2) is 0 Å². The summed E-state index contributed by atoms with van der Waals surface area (Å²) in [5.41, 5.74) is -1.25. The van der Waals surface area contributed by atoms with E-state index in [2.05, 4.69) is 24.8 Å². The summed E-state index contributed by atoms with van der Waals surface area (Å²) in [6.07, 6.45) is 8.35. The van der Waals surface area contributed by atoms with Crippen LogP contribution in [0.1, 0.15) is 65.2 Å². The van der Waals surface area contributed by atoms with Crippen molar-refractivity contribution in [3.8, 4) is 6.07 Å². The van der Waals surface area contributed by atoms with E-state index < -0.39 is 11.0 Å². The maximum atomic E-state index is 11.5. The summed E-state index contributed by atoms with van der Waals surface area (Å²) in [5.74, 6) is 1.44. The summed E-state index contributed by atoms with van der Waals surface area (Å²) < 4.78 is 0. The third-order valence-corrected chi connectivity index (χ3v) is 6.81. The van der Waals surface area contributed by atoms with E-state index in [1.165, 1.54) is 12.8 Å². The SMILES string of the molecule is CC(C)C1CCC(C#N)(C2(O)CCN3CCCCC32)CC1. The molecule has 3 nitrogen and oxygen atoms in total. The molecule has 3 aliphatic rings. The molecule has 2 saturated heterocycles. The molecule has 3 heteroatoms. The molecule has 1 aliphatic carbocycles. The topological polar surface area (TPSA) is 47.3 Å². The average molecular weight is 290 g/mol. The van der Waals surface area contributed by atoms with Crippen LogP contribution in [0.5, 0.6) is 0 Å². The molecule has 0 amide bonds. The normalized spacial score (nSPS) is 44.5. The molecule has 3 fully saturated rings. The monoisotopic (exact) mass is 290 g/mol. The molecule has 2 heterocycles. The number of nitrogens with zero attached hydrogens (tertiary/aromatic N) is 2. The Hall–Kier alpha value is -0.590. The summed E-state index contributed by atoms with van der Waals surface area (Å²) in [6, 6.07) is 2.85. The van der Waals surface area contributed by atoms with Gasteiger partial charge < -0.3 is 5.11 Å². The Labute approximate surface area is 129 Å². The minimum absolute atomic E-state index is 0.237. The Morgan fingerprint density at radius 3 is 2.43 bits per heavy atom. The van der Waals surface area contributed by atoms with Gasteiger partial charge in [-0.05, 0) is 63.3 Å². The van der Waals surface area contributed by atoms with Crippen molar-refractivity contribution in [1.29, 1.82) is 5.26 Å². The summed E-state index contributed by atoms with van der Waals surface area (Å²) in [5, 5.41) is 21.5. The number of rotatable bonds is 2. The molecule has 0 aromatic carbocycles. The number of piperidine rings is 1. The summed E-state index contributed by atoms with van der Waals surface area (Å²) >= 11 is 0. The molecular formula is C18H30N2O. The van der Waals surface area contributed by atoms with Crippen LogP contribution in [0.15, 0.2) is 0 Å². The lowest BCUT2D eigenvalue weighted by atomic mass is 9.58. The second-order valence-electron chi connectivity index (χ2n) is 8.00. The molecule has 0 aromatic rings. The van der Waals surface area contributed by atoms with Crippen LogP contribution in [0.2, 0.25) is 0 Å². The van der Waals surface area contributed by atoms with E-state index in [-0.39, 0.29) is 6.04 Å². The fourth-order valence-electron chi connectivity index (χ4n) is 5.28. The van der Waals surface area contributed by atoms with E-state index >= 15 is 0 Å². The van der Waals surface area contributed by atoms with Crippen molar-refractivity contribution in [2.75, 3.05) is 13.1 Å². The van der Waals surface area contributed by atoms with Crippen LogP contribution >= 0.6 is 0 Å². The van der Waals surface area contributed by atoms with E-state index in [1.807, 2.05) is 0 Å². The number of aliphatic hydroxyl groups is 1. The van der Waals surface area contributed by atoms with Crippen LogP contribution in [0, 0.1) is 28.6 Å². The number of hydrogen-bond acceptors (Lipinski definition) is 3. The first-order chi connectivity index (χ1) is 10.0. The van der Waals surface area contributed by atoms with Gasteiger partial charge in [-0.3, -0.25) is 4.90 Å². The van der Waals surface area contributed by atoms with E-state index in [0.717, 1.165) is 57.5 Å². The van der Waals surface area contributed by atoms with Crippen molar-refractivity contribution < 1.29 is 5.11 Å². The fourth-order valence-corrected chi connectivity index (χ4v) is 5.28. The second kappa shape index (κ2) is 5.56. The lowest BCUT2D eigenvalue weighted by molar-refractivity contribution is -0.107. The summed E-state index contributed by atoms with van der Waals surface area (Å²) in [6.45, 7) is 6.68. The lowest BCUT2D eigenvalue weighted by Crippen LogP contribution is -2.58. The van der Waals surface area contributed by atoms with Gasteiger partial charge in [0.2, 0.25) is 0 Å². The zero-order valence-corrected chi connectivity index (χ0v) is 13.6. The van der Waals surface area contributed by atoms with Gasteiger partial charge in [0, 0.05) is 12.6 Å². The molecule has 118 valence electrons. The van der Waals surface area contributed by atoms with E-state index in [9.17, 15) is 10.4 Å². The van der Waals surface area contributed by atoms with Gasteiger partial charge in [0.1, 0.15) is 0 Å². The van der Waals surface area contributed by atoms with Crippen molar-refractivity contribution in [2.45, 2.75) is 76.9 Å². The van der Waals surface area contributed by atoms with Gasteiger partial charge in [0.25, 0.3) is 0 Å². The predicted molar refractivity (Wildman–Crippen MR) is 83.6 cm³/mol. The van der Waals surface area contributed by atoms with Crippen LogP contribution in [-0.4, -0.2) is 34.7 Å². The minimum atomic E-state index is -0.760. The number of nitriles is 1. The van der Waals surface area contributed by atoms with Crippen LogP contribution in [0.25, 0.3) is 0 Å². The molecule has 2 aliphatic heterocycles. The highest BCUT2D eigenvalue weighted by molar-refractivity contribution is 5.20. The van der Waals surface area contributed by atoms with E-state index in [0.29, 0.717) is 5.92 Å². The van der Waals surface area contributed by atoms with Crippen LogP contribution in [0.4, 0.5) is 0 Å². The fraction of sp³-hybridized carbons (Fsp3) is 0.944. The van der Waals surface area contributed by atoms with E-state index in [4.69, 9.17) is 0 Å². The van der Waals surface area contributed by atoms with Gasteiger partial charge in [-0.15, -0.1) is 0 Å². The van der Waals surface area contributed by atoms with Crippen molar-refractivity contribution in [1.82, 2.24) is 4.90 Å². The highest BCUT2D eigenvalue weighted by atomic mass is 16.3. The van der Waals surface area contributed by atoms with Crippen molar-refractivity contribution in [3.05, 3.63) is 0 Å². The second-order valence-corrected chi connectivity index (χ2v) is 8.00. The van der Waals surface area contributed by atoms with Gasteiger partial charge in [-0.2, -0.15) is 5.26 Å². The quantitative estimate of drug-likeness (QED) is 0.848. The van der Waals surface area contributed by atoms with Crippen molar-refractivity contribution in [3.63, 3.8) is 0 Å². The Kier molecular flexibility index (Phi) is 4.05. The van der Waals surface area contributed by atoms with Crippen molar-refractivity contribution in [2.24, 2.45) is 17.3 Å². The molecule has 0 spiro atoms. The molecule has 3 rings (SSSR count). The largest absolute Gasteiger partial charge is 0.387 e. The van der Waals surface area contributed by atoms with Gasteiger partial charge in [-0.25, -0.2) is 0 Å². The molecule has 0 bridgehead atoms. The maximum Gasteiger partial charge on any atom is 0.0999 e. The highest BCUT2D eigenvalue weighted by Gasteiger charge is 2.60. The zero-order chi connectivity index (χ0) is 15.1. The lowest BCUT2D eigenvalue weighted by Gasteiger charge is -2.49. The van der Waals surface area contributed by atoms with Crippen LogP contribution in [-0.2, 0) is 0 Å². The molecule has 2 atom stereocenters. The molecule has 1 N–H and O–H groups in total. The van der Waals surface area contributed by atoms with Gasteiger partial charge in [-0.1, -0.05) is 20.3 Å². The molecule has 0 radical (unpaired) electrons. The predicted octanol–water partition coefficient (Wildman–Crippen LogP) is 3.33. The van der Waals surface area contributed by atoms with Gasteiger partial charge >= 0.3 is 0 Å². The molecule has 1 saturated carbocycles. The first kappa shape index (κ1) is 15.3. The zero-order valence-electron chi connectivity index (χ0n) is 13.6. The molecule has 21 heavy (non-hydrogen) atoms. The van der Waals surface area contributed by atoms with E-state index in [1.54, 1.807) is 0 Å². The van der Waals surface area contributed by atoms with Crippen LogP contribution < -0.4 is 0 Å². The first-order valence-electron chi connectivity index (χ1n) is 8.90.